The van der Waals surface area contributed by atoms with Crippen LogP contribution in [0.3, 0.4) is 0 Å². The number of aromatic carboxylic acids is 1. The molecule has 0 atom stereocenters. The van der Waals surface area contributed by atoms with Gasteiger partial charge in [-0.15, -0.1) is 0 Å². The maximum atomic E-state index is 11.8. The lowest BCUT2D eigenvalue weighted by atomic mass is 9.79. The predicted molar refractivity (Wildman–Crippen MR) is 72.8 cm³/mol. The van der Waals surface area contributed by atoms with E-state index in [0.29, 0.717) is 5.69 Å². The molecule has 2 rings (SSSR count). The van der Waals surface area contributed by atoms with Crippen molar-refractivity contribution in [1.29, 1.82) is 0 Å². The summed E-state index contributed by atoms with van der Waals surface area (Å²) >= 11 is 5.81. The van der Waals surface area contributed by atoms with Gasteiger partial charge in [0.15, 0.2) is 0 Å². The second-order valence-electron chi connectivity index (χ2n) is 5.03. The number of carbonyl (C=O) groups excluding carboxylic acids is 1. The van der Waals surface area contributed by atoms with Gasteiger partial charge in [0.2, 0.25) is 0 Å². The van der Waals surface area contributed by atoms with Gasteiger partial charge < -0.3 is 15.7 Å². The molecule has 0 spiro atoms. The number of benzene rings is 1. The van der Waals surface area contributed by atoms with Crippen molar-refractivity contribution >= 4 is 29.3 Å². The molecule has 0 aromatic heterocycles. The number of rotatable bonds is 3. The van der Waals surface area contributed by atoms with E-state index in [1.807, 2.05) is 6.92 Å². The van der Waals surface area contributed by atoms with Crippen molar-refractivity contribution in [3.63, 3.8) is 0 Å². The zero-order chi connectivity index (χ0) is 14.0. The van der Waals surface area contributed by atoms with Crippen molar-refractivity contribution in [2.45, 2.75) is 31.7 Å². The van der Waals surface area contributed by atoms with E-state index in [-0.39, 0.29) is 22.2 Å². The molecule has 1 fully saturated rings. The first kappa shape index (κ1) is 13.7. The molecule has 3 N–H and O–H groups in total. The van der Waals surface area contributed by atoms with Gasteiger partial charge in [0.05, 0.1) is 5.56 Å². The van der Waals surface area contributed by atoms with E-state index in [2.05, 4.69) is 10.6 Å². The number of nitrogens with one attached hydrogen (secondary N) is 2. The molecule has 1 aromatic carbocycles. The Bertz CT molecular complexity index is 527. The quantitative estimate of drug-likeness (QED) is 0.797. The molecule has 0 radical (unpaired) electrons. The van der Waals surface area contributed by atoms with E-state index in [1.165, 1.54) is 18.2 Å². The minimum atomic E-state index is -1.09. The maximum Gasteiger partial charge on any atom is 0.335 e. The Morgan fingerprint density at radius 3 is 2.53 bits per heavy atom. The van der Waals surface area contributed by atoms with Crippen molar-refractivity contribution < 1.29 is 14.7 Å². The third kappa shape index (κ3) is 3.38. The van der Waals surface area contributed by atoms with E-state index in [1.54, 1.807) is 0 Å². The van der Waals surface area contributed by atoms with Crippen LogP contribution in [0.4, 0.5) is 10.5 Å². The molecule has 5 nitrogen and oxygen atoms in total. The lowest BCUT2D eigenvalue weighted by molar-refractivity contribution is 0.0697. The standard InChI is InChI=1S/C13H15ClN2O3/c1-13(3-2-4-13)16-12(19)15-10-6-8(11(17)18)5-9(14)7-10/h5-7H,2-4H2,1H3,(H,17,18)(H2,15,16,19). The topological polar surface area (TPSA) is 78.4 Å². The minimum absolute atomic E-state index is 0.0395. The van der Waals surface area contributed by atoms with Crippen LogP contribution in [0.2, 0.25) is 5.02 Å². The highest BCUT2D eigenvalue weighted by atomic mass is 35.5. The van der Waals surface area contributed by atoms with E-state index in [9.17, 15) is 9.59 Å². The van der Waals surface area contributed by atoms with Crippen LogP contribution in [0.25, 0.3) is 0 Å². The van der Waals surface area contributed by atoms with Crippen molar-refractivity contribution in [2.24, 2.45) is 0 Å². The number of hydrogen-bond acceptors (Lipinski definition) is 2. The molecular formula is C13H15ClN2O3. The lowest BCUT2D eigenvalue weighted by Crippen LogP contribution is -2.52. The monoisotopic (exact) mass is 282 g/mol. The molecule has 0 unspecified atom stereocenters. The maximum absolute atomic E-state index is 11.8. The molecule has 102 valence electrons. The van der Waals surface area contributed by atoms with Crippen LogP contribution in [0.5, 0.6) is 0 Å². The Hall–Kier alpha value is -1.75. The second-order valence-corrected chi connectivity index (χ2v) is 5.46. The van der Waals surface area contributed by atoms with Gasteiger partial charge in [0, 0.05) is 16.2 Å². The summed E-state index contributed by atoms with van der Waals surface area (Å²) in [5.41, 5.74) is 0.251. The average molecular weight is 283 g/mol. The first-order valence-corrected chi connectivity index (χ1v) is 6.39. The molecule has 1 aliphatic rings. The van der Waals surface area contributed by atoms with Crippen LogP contribution >= 0.6 is 11.6 Å². The highest BCUT2D eigenvalue weighted by Gasteiger charge is 2.33. The number of amides is 2. The van der Waals surface area contributed by atoms with Crippen LogP contribution in [-0.2, 0) is 0 Å². The van der Waals surface area contributed by atoms with Gasteiger partial charge in [-0.1, -0.05) is 11.6 Å². The molecule has 0 saturated heterocycles. The van der Waals surface area contributed by atoms with Gasteiger partial charge in [0.25, 0.3) is 0 Å². The van der Waals surface area contributed by atoms with Crippen molar-refractivity contribution in [2.75, 3.05) is 5.32 Å². The van der Waals surface area contributed by atoms with Gasteiger partial charge in [-0.3, -0.25) is 0 Å². The summed E-state index contributed by atoms with van der Waals surface area (Å²) in [7, 11) is 0. The average Bonchev–Trinajstić information content (AvgIpc) is 2.25. The van der Waals surface area contributed by atoms with Gasteiger partial charge in [0.1, 0.15) is 0 Å². The third-order valence-electron chi connectivity index (χ3n) is 3.28. The number of carboxylic acids is 1. The normalized spacial score (nSPS) is 16.3. The van der Waals surface area contributed by atoms with Gasteiger partial charge in [-0.25, -0.2) is 9.59 Å². The molecule has 6 heteroatoms. The second kappa shape index (κ2) is 5.09. The summed E-state index contributed by atoms with van der Waals surface area (Å²) in [6, 6.07) is 3.87. The summed E-state index contributed by atoms with van der Waals surface area (Å²) in [5, 5.41) is 14.7. The smallest absolute Gasteiger partial charge is 0.335 e. The molecule has 2 amide bonds. The number of carboxylic acid groups (broad SMARTS) is 1. The SMILES string of the molecule is CC1(NC(=O)Nc2cc(Cl)cc(C(=O)O)c2)CCC1. The van der Waals surface area contributed by atoms with Gasteiger partial charge >= 0.3 is 12.0 Å². The van der Waals surface area contributed by atoms with Crippen molar-refractivity contribution in [3.8, 4) is 0 Å². The first-order chi connectivity index (χ1) is 8.88. The Balaban J connectivity index is 2.06. The third-order valence-corrected chi connectivity index (χ3v) is 3.49. The molecule has 1 aliphatic carbocycles. The van der Waals surface area contributed by atoms with Crippen LogP contribution < -0.4 is 10.6 Å². The number of hydrogen-bond donors (Lipinski definition) is 3. The molecule has 0 aliphatic heterocycles. The van der Waals surface area contributed by atoms with E-state index >= 15 is 0 Å². The number of carbonyl (C=O) groups is 2. The number of halogens is 1. The zero-order valence-corrected chi connectivity index (χ0v) is 11.3. The number of anilines is 1. The summed E-state index contributed by atoms with van der Waals surface area (Å²) in [6.45, 7) is 1.98. The van der Waals surface area contributed by atoms with E-state index in [4.69, 9.17) is 16.7 Å². The fraction of sp³-hybridized carbons (Fsp3) is 0.385. The summed E-state index contributed by atoms with van der Waals surface area (Å²) in [6.07, 6.45) is 3.02. The summed E-state index contributed by atoms with van der Waals surface area (Å²) in [4.78, 5) is 22.7. The van der Waals surface area contributed by atoms with Crippen LogP contribution in [-0.4, -0.2) is 22.6 Å². The Morgan fingerprint density at radius 1 is 1.32 bits per heavy atom. The van der Waals surface area contributed by atoms with Crippen molar-refractivity contribution in [3.05, 3.63) is 28.8 Å². The fourth-order valence-corrected chi connectivity index (χ4v) is 2.29. The van der Waals surface area contributed by atoms with Gasteiger partial charge in [-0.05, 0) is 44.4 Å². The van der Waals surface area contributed by atoms with Crippen molar-refractivity contribution in [1.82, 2.24) is 5.32 Å². The number of urea groups is 1. The lowest BCUT2D eigenvalue weighted by Gasteiger charge is -2.39. The minimum Gasteiger partial charge on any atom is -0.478 e. The van der Waals surface area contributed by atoms with Crippen LogP contribution in [0.15, 0.2) is 18.2 Å². The Morgan fingerprint density at radius 2 is 2.00 bits per heavy atom. The van der Waals surface area contributed by atoms with Crippen LogP contribution in [0.1, 0.15) is 36.5 Å². The molecule has 1 aromatic rings. The van der Waals surface area contributed by atoms with Gasteiger partial charge in [-0.2, -0.15) is 0 Å². The molecular weight excluding hydrogens is 268 g/mol. The summed E-state index contributed by atoms with van der Waals surface area (Å²) < 4.78 is 0. The first-order valence-electron chi connectivity index (χ1n) is 6.01. The predicted octanol–water partition coefficient (Wildman–Crippen LogP) is 3.10. The van der Waals surface area contributed by atoms with E-state index < -0.39 is 5.97 Å². The molecule has 1 saturated carbocycles. The zero-order valence-electron chi connectivity index (χ0n) is 10.5. The molecule has 0 bridgehead atoms. The largest absolute Gasteiger partial charge is 0.478 e. The van der Waals surface area contributed by atoms with Crippen LogP contribution in [0, 0.1) is 0 Å². The molecule has 0 heterocycles. The summed E-state index contributed by atoms with van der Waals surface area (Å²) in [5.74, 6) is -1.09. The highest BCUT2D eigenvalue weighted by molar-refractivity contribution is 6.31. The highest BCUT2D eigenvalue weighted by Crippen LogP contribution is 2.31. The Labute approximate surface area is 116 Å². The fourth-order valence-electron chi connectivity index (χ4n) is 2.05. The molecule has 19 heavy (non-hydrogen) atoms. The van der Waals surface area contributed by atoms with E-state index in [0.717, 1.165) is 19.3 Å². The Kier molecular flexibility index (Phi) is 3.66.